The summed E-state index contributed by atoms with van der Waals surface area (Å²) in [6.45, 7) is 1.92. The monoisotopic (exact) mass is 168 g/mol. The van der Waals surface area contributed by atoms with Crippen molar-refractivity contribution in [2.24, 2.45) is 0 Å². The third-order valence-electron chi connectivity index (χ3n) is 1.78. The van der Waals surface area contributed by atoms with E-state index in [0.717, 1.165) is 5.56 Å². The summed E-state index contributed by atoms with van der Waals surface area (Å²) in [6.07, 6.45) is 0.711. The van der Waals surface area contributed by atoms with Crippen molar-refractivity contribution in [3.8, 4) is 17.2 Å². The van der Waals surface area contributed by atoms with E-state index in [2.05, 4.69) is 0 Å². The molecule has 2 N–H and O–H groups in total. The molecule has 0 aliphatic carbocycles. The Morgan fingerprint density at radius 3 is 2.50 bits per heavy atom. The first-order chi connectivity index (χ1) is 5.70. The Kier molecular flexibility index (Phi) is 2.43. The smallest absolute Gasteiger partial charge is 0.203 e. The average Bonchev–Trinajstić information content (AvgIpc) is 2.06. The molecule has 0 unspecified atom stereocenters. The van der Waals surface area contributed by atoms with Crippen molar-refractivity contribution in [2.45, 2.75) is 13.3 Å². The second kappa shape index (κ2) is 3.34. The van der Waals surface area contributed by atoms with Crippen LogP contribution in [0.5, 0.6) is 17.2 Å². The molecule has 3 nitrogen and oxygen atoms in total. The van der Waals surface area contributed by atoms with E-state index in [0.29, 0.717) is 6.42 Å². The Balaban J connectivity index is 3.24. The van der Waals surface area contributed by atoms with Crippen LogP contribution in [0.1, 0.15) is 12.5 Å². The second-order valence-electron chi connectivity index (χ2n) is 2.48. The van der Waals surface area contributed by atoms with Gasteiger partial charge in [-0.3, -0.25) is 0 Å². The number of benzene rings is 1. The number of aryl methyl sites for hydroxylation is 1. The van der Waals surface area contributed by atoms with Crippen LogP contribution in [0.3, 0.4) is 0 Å². The van der Waals surface area contributed by atoms with Crippen LogP contribution in [0.15, 0.2) is 12.1 Å². The van der Waals surface area contributed by atoms with Crippen LogP contribution in [-0.4, -0.2) is 17.3 Å². The molecule has 0 spiro atoms. The fourth-order valence-electron chi connectivity index (χ4n) is 1.09. The summed E-state index contributed by atoms with van der Waals surface area (Å²) in [5.41, 5.74) is 0.768. The fraction of sp³-hybridized carbons (Fsp3) is 0.333. The highest BCUT2D eigenvalue weighted by molar-refractivity contribution is 5.54. The topological polar surface area (TPSA) is 49.7 Å². The summed E-state index contributed by atoms with van der Waals surface area (Å²) < 4.78 is 4.82. The molecule has 0 atom stereocenters. The predicted octanol–water partition coefficient (Wildman–Crippen LogP) is 1.67. The molecule has 66 valence electrons. The van der Waals surface area contributed by atoms with Crippen LogP contribution in [0, 0.1) is 0 Å². The van der Waals surface area contributed by atoms with E-state index >= 15 is 0 Å². The third-order valence-corrected chi connectivity index (χ3v) is 1.78. The highest BCUT2D eigenvalue weighted by Crippen LogP contribution is 2.37. The highest BCUT2D eigenvalue weighted by atomic mass is 16.5. The Hall–Kier alpha value is -1.38. The lowest BCUT2D eigenvalue weighted by Crippen LogP contribution is -1.88. The molecular weight excluding hydrogens is 156 g/mol. The first-order valence-corrected chi connectivity index (χ1v) is 3.78. The van der Waals surface area contributed by atoms with Gasteiger partial charge in [-0.25, -0.2) is 0 Å². The zero-order chi connectivity index (χ0) is 9.14. The standard InChI is InChI=1S/C9H12O3/c1-3-6-4-5-7(10)9(12-2)8(6)11/h4-5,10-11H,3H2,1-2H3. The lowest BCUT2D eigenvalue weighted by molar-refractivity contribution is 0.342. The number of ether oxygens (including phenoxy) is 1. The van der Waals surface area contributed by atoms with Crippen molar-refractivity contribution in [1.29, 1.82) is 0 Å². The zero-order valence-corrected chi connectivity index (χ0v) is 7.16. The van der Waals surface area contributed by atoms with Crippen LogP contribution in [-0.2, 0) is 6.42 Å². The van der Waals surface area contributed by atoms with Gasteiger partial charge >= 0.3 is 0 Å². The van der Waals surface area contributed by atoms with Gasteiger partial charge in [0.15, 0.2) is 11.5 Å². The minimum absolute atomic E-state index is 0.0278. The Bertz CT molecular complexity index is 281. The fourth-order valence-corrected chi connectivity index (χ4v) is 1.09. The summed E-state index contributed by atoms with van der Waals surface area (Å²) in [5.74, 6) is 0.140. The molecule has 0 aliphatic heterocycles. The molecular formula is C9H12O3. The first kappa shape index (κ1) is 8.71. The summed E-state index contributed by atoms with van der Waals surface area (Å²) in [5, 5.41) is 18.7. The largest absolute Gasteiger partial charge is 0.504 e. The number of methoxy groups -OCH3 is 1. The van der Waals surface area contributed by atoms with Gasteiger partial charge in [0.2, 0.25) is 5.75 Å². The number of rotatable bonds is 2. The van der Waals surface area contributed by atoms with Crippen molar-refractivity contribution in [3.05, 3.63) is 17.7 Å². The number of aromatic hydroxyl groups is 2. The Morgan fingerprint density at radius 2 is 2.00 bits per heavy atom. The van der Waals surface area contributed by atoms with Crippen molar-refractivity contribution in [3.63, 3.8) is 0 Å². The molecule has 0 saturated heterocycles. The molecule has 1 rings (SSSR count). The average molecular weight is 168 g/mol. The summed E-state index contributed by atoms with van der Waals surface area (Å²) >= 11 is 0. The van der Waals surface area contributed by atoms with E-state index < -0.39 is 0 Å². The van der Waals surface area contributed by atoms with Crippen LogP contribution in [0.4, 0.5) is 0 Å². The minimum Gasteiger partial charge on any atom is -0.504 e. The molecule has 0 aromatic heterocycles. The predicted molar refractivity (Wildman–Crippen MR) is 45.7 cm³/mol. The quantitative estimate of drug-likeness (QED) is 0.706. The SMILES string of the molecule is CCc1ccc(O)c(OC)c1O. The molecule has 1 aromatic carbocycles. The molecule has 0 amide bonds. The Morgan fingerprint density at radius 1 is 1.33 bits per heavy atom. The number of phenolic OH excluding ortho intramolecular Hbond substituents is 2. The molecule has 0 fully saturated rings. The van der Waals surface area contributed by atoms with E-state index in [4.69, 9.17) is 4.74 Å². The lowest BCUT2D eigenvalue weighted by Gasteiger charge is -2.08. The minimum atomic E-state index is -0.0350. The van der Waals surface area contributed by atoms with Crippen molar-refractivity contribution in [1.82, 2.24) is 0 Å². The number of hydrogen-bond donors (Lipinski definition) is 2. The van der Waals surface area contributed by atoms with Crippen LogP contribution >= 0.6 is 0 Å². The number of phenols is 2. The van der Waals surface area contributed by atoms with E-state index in [-0.39, 0.29) is 17.2 Å². The van der Waals surface area contributed by atoms with Gasteiger partial charge in [0.05, 0.1) is 7.11 Å². The Labute approximate surface area is 71.2 Å². The van der Waals surface area contributed by atoms with E-state index in [1.807, 2.05) is 6.92 Å². The van der Waals surface area contributed by atoms with Gasteiger partial charge in [0.1, 0.15) is 0 Å². The van der Waals surface area contributed by atoms with Gasteiger partial charge < -0.3 is 14.9 Å². The summed E-state index contributed by atoms with van der Waals surface area (Å²) in [4.78, 5) is 0. The maximum absolute atomic E-state index is 9.48. The highest BCUT2D eigenvalue weighted by Gasteiger charge is 2.10. The molecule has 3 heteroatoms. The molecule has 1 aromatic rings. The molecule has 0 heterocycles. The zero-order valence-electron chi connectivity index (χ0n) is 7.16. The molecule has 0 saturated carbocycles. The van der Waals surface area contributed by atoms with Crippen molar-refractivity contribution < 1.29 is 14.9 Å². The van der Waals surface area contributed by atoms with E-state index in [1.54, 1.807) is 6.07 Å². The van der Waals surface area contributed by atoms with E-state index in [1.165, 1.54) is 13.2 Å². The van der Waals surface area contributed by atoms with Crippen LogP contribution in [0.25, 0.3) is 0 Å². The summed E-state index contributed by atoms with van der Waals surface area (Å²) in [7, 11) is 1.41. The van der Waals surface area contributed by atoms with Crippen LogP contribution in [0.2, 0.25) is 0 Å². The van der Waals surface area contributed by atoms with Gasteiger partial charge in [0, 0.05) is 0 Å². The summed E-state index contributed by atoms with van der Waals surface area (Å²) in [6, 6.07) is 3.19. The third kappa shape index (κ3) is 1.30. The van der Waals surface area contributed by atoms with Crippen LogP contribution < -0.4 is 4.74 Å². The number of hydrogen-bond acceptors (Lipinski definition) is 3. The normalized spacial score (nSPS) is 9.83. The lowest BCUT2D eigenvalue weighted by atomic mass is 10.1. The first-order valence-electron chi connectivity index (χ1n) is 3.78. The second-order valence-corrected chi connectivity index (χ2v) is 2.48. The maximum Gasteiger partial charge on any atom is 0.203 e. The van der Waals surface area contributed by atoms with E-state index in [9.17, 15) is 10.2 Å². The maximum atomic E-state index is 9.48. The van der Waals surface area contributed by atoms with Gasteiger partial charge in [0.25, 0.3) is 0 Å². The molecule has 0 radical (unpaired) electrons. The van der Waals surface area contributed by atoms with Gasteiger partial charge in [-0.1, -0.05) is 13.0 Å². The van der Waals surface area contributed by atoms with Crippen molar-refractivity contribution in [2.75, 3.05) is 7.11 Å². The molecule has 12 heavy (non-hydrogen) atoms. The van der Waals surface area contributed by atoms with Gasteiger partial charge in [-0.15, -0.1) is 0 Å². The molecule has 0 bridgehead atoms. The molecule has 0 aliphatic rings. The van der Waals surface area contributed by atoms with Gasteiger partial charge in [-0.05, 0) is 18.1 Å². The van der Waals surface area contributed by atoms with Crippen molar-refractivity contribution >= 4 is 0 Å². The van der Waals surface area contributed by atoms with Gasteiger partial charge in [-0.2, -0.15) is 0 Å².